The average molecular weight is 376 g/mol. The fraction of sp³-hybridized carbons (Fsp3) is 0.188. The number of methoxy groups -OCH3 is 1. The van der Waals surface area contributed by atoms with Crippen LogP contribution in [-0.4, -0.2) is 30.5 Å². The van der Waals surface area contributed by atoms with E-state index in [1.54, 1.807) is 31.6 Å². The second-order valence-electron chi connectivity index (χ2n) is 5.32. The molecule has 2 heterocycles. The van der Waals surface area contributed by atoms with Crippen molar-refractivity contribution in [1.29, 1.82) is 0 Å². The molecule has 3 aromatic rings. The van der Waals surface area contributed by atoms with Crippen LogP contribution in [0.5, 0.6) is 5.88 Å². The highest BCUT2D eigenvalue weighted by molar-refractivity contribution is 7.89. The molecule has 1 aromatic carbocycles. The highest BCUT2D eigenvalue weighted by Gasteiger charge is 2.13. The SMILES string of the molecule is COc1cncc(Cc2nc(C)c(-c3ccc(S(N)(=O)=O)cc3)s2)n1. The summed E-state index contributed by atoms with van der Waals surface area (Å²) in [6.07, 6.45) is 3.78. The maximum Gasteiger partial charge on any atom is 0.238 e. The summed E-state index contributed by atoms with van der Waals surface area (Å²) in [4.78, 5) is 14.1. The van der Waals surface area contributed by atoms with Crippen LogP contribution in [-0.2, 0) is 16.4 Å². The third-order valence-electron chi connectivity index (χ3n) is 3.49. The lowest BCUT2D eigenvalue weighted by Gasteiger charge is -2.01. The van der Waals surface area contributed by atoms with Gasteiger partial charge in [-0.3, -0.25) is 4.98 Å². The van der Waals surface area contributed by atoms with E-state index in [2.05, 4.69) is 15.0 Å². The standard InChI is InChI=1S/C16H16N4O3S2/c1-10-16(11-3-5-13(6-4-11)25(17,21)22)24-15(19-10)7-12-8-18-9-14(20-12)23-2/h3-6,8-9H,7H2,1-2H3,(H2,17,21,22). The van der Waals surface area contributed by atoms with Gasteiger partial charge in [0.2, 0.25) is 15.9 Å². The summed E-state index contributed by atoms with van der Waals surface area (Å²) in [5.74, 6) is 0.463. The number of rotatable bonds is 5. The van der Waals surface area contributed by atoms with Crippen LogP contribution in [0, 0.1) is 6.92 Å². The number of nitrogens with two attached hydrogens (primary N) is 1. The van der Waals surface area contributed by atoms with Crippen LogP contribution in [0.3, 0.4) is 0 Å². The molecule has 0 aliphatic rings. The first kappa shape index (κ1) is 17.5. The number of hydrogen-bond acceptors (Lipinski definition) is 7. The number of primary sulfonamides is 1. The first-order valence-electron chi connectivity index (χ1n) is 7.31. The van der Waals surface area contributed by atoms with Crippen LogP contribution in [0.4, 0.5) is 0 Å². The lowest BCUT2D eigenvalue weighted by atomic mass is 10.2. The van der Waals surface area contributed by atoms with Crippen molar-refractivity contribution in [3.05, 3.63) is 53.1 Å². The largest absolute Gasteiger partial charge is 0.480 e. The summed E-state index contributed by atoms with van der Waals surface area (Å²) in [6.45, 7) is 1.92. The molecule has 7 nitrogen and oxygen atoms in total. The number of thiazole rings is 1. The van der Waals surface area contributed by atoms with Crippen molar-refractivity contribution in [3.8, 4) is 16.3 Å². The minimum atomic E-state index is -3.69. The molecule has 0 radical (unpaired) electrons. The Morgan fingerprint density at radius 3 is 2.52 bits per heavy atom. The highest BCUT2D eigenvalue weighted by atomic mass is 32.2. The molecule has 0 aliphatic heterocycles. The van der Waals surface area contributed by atoms with E-state index in [1.807, 2.05) is 6.92 Å². The minimum absolute atomic E-state index is 0.0882. The second-order valence-corrected chi connectivity index (χ2v) is 7.97. The van der Waals surface area contributed by atoms with Crippen LogP contribution in [0.25, 0.3) is 10.4 Å². The minimum Gasteiger partial charge on any atom is -0.480 e. The van der Waals surface area contributed by atoms with Crippen LogP contribution >= 0.6 is 11.3 Å². The van der Waals surface area contributed by atoms with Gasteiger partial charge in [-0.1, -0.05) is 12.1 Å². The van der Waals surface area contributed by atoms with Crippen LogP contribution < -0.4 is 9.88 Å². The third-order valence-corrected chi connectivity index (χ3v) is 5.63. The molecular formula is C16H16N4O3S2. The van der Waals surface area contributed by atoms with Crippen molar-refractivity contribution >= 4 is 21.4 Å². The Kier molecular flexibility index (Phi) is 4.80. The van der Waals surface area contributed by atoms with Crippen molar-refractivity contribution in [1.82, 2.24) is 15.0 Å². The topological polar surface area (TPSA) is 108 Å². The lowest BCUT2D eigenvalue weighted by molar-refractivity contribution is 0.394. The number of hydrogen-bond donors (Lipinski definition) is 1. The normalized spacial score (nSPS) is 11.5. The molecule has 0 aliphatic carbocycles. The Labute approximate surface area is 149 Å². The maximum absolute atomic E-state index is 11.4. The van der Waals surface area contributed by atoms with Gasteiger partial charge in [-0.15, -0.1) is 11.3 Å². The van der Waals surface area contributed by atoms with E-state index < -0.39 is 10.0 Å². The number of nitrogens with zero attached hydrogens (tertiary/aromatic N) is 3. The van der Waals surface area contributed by atoms with Crippen LogP contribution in [0.2, 0.25) is 0 Å². The number of benzene rings is 1. The fourth-order valence-electron chi connectivity index (χ4n) is 2.32. The van der Waals surface area contributed by atoms with E-state index in [9.17, 15) is 8.42 Å². The molecule has 9 heteroatoms. The predicted molar refractivity (Wildman–Crippen MR) is 95.1 cm³/mol. The second kappa shape index (κ2) is 6.87. The summed E-state index contributed by atoms with van der Waals surface area (Å²) in [7, 11) is -2.15. The predicted octanol–water partition coefficient (Wildman–Crippen LogP) is 2.16. The molecule has 0 bridgehead atoms. The first-order chi connectivity index (χ1) is 11.9. The molecule has 0 spiro atoms. The zero-order valence-electron chi connectivity index (χ0n) is 13.6. The molecular weight excluding hydrogens is 360 g/mol. The third kappa shape index (κ3) is 4.01. The van der Waals surface area contributed by atoms with E-state index in [1.165, 1.54) is 23.5 Å². The molecule has 130 valence electrons. The number of ether oxygens (including phenoxy) is 1. The Morgan fingerprint density at radius 2 is 1.88 bits per heavy atom. The van der Waals surface area contributed by atoms with Gasteiger partial charge in [0.15, 0.2) is 0 Å². The fourth-order valence-corrected chi connectivity index (χ4v) is 3.92. The van der Waals surface area contributed by atoms with Gasteiger partial charge < -0.3 is 4.74 Å². The Balaban J connectivity index is 1.87. The molecule has 0 atom stereocenters. The molecule has 25 heavy (non-hydrogen) atoms. The zero-order chi connectivity index (χ0) is 18.0. The van der Waals surface area contributed by atoms with Gasteiger partial charge >= 0.3 is 0 Å². The van der Waals surface area contributed by atoms with Gasteiger partial charge in [0.05, 0.1) is 39.5 Å². The molecule has 0 saturated carbocycles. The summed E-state index contributed by atoms with van der Waals surface area (Å²) in [5, 5.41) is 6.02. The smallest absolute Gasteiger partial charge is 0.238 e. The summed E-state index contributed by atoms with van der Waals surface area (Å²) >= 11 is 1.53. The van der Waals surface area contributed by atoms with Gasteiger partial charge in [-0.05, 0) is 24.6 Å². The van der Waals surface area contributed by atoms with Gasteiger partial charge in [0, 0.05) is 12.6 Å². The zero-order valence-corrected chi connectivity index (χ0v) is 15.3. The average Bonchev–Trinajstić information content (AvgIpc) is 2.94. The van der Waals surface area contributed by atoms with E-state index in [0.717, 1.165) is 26.8 Å². The maximum atomic E-state index is 11.4. The van der Waals surface area contributed by atoms with E-state index in [-0.39, 0.29) is 4.90 Å². The van der Waals surface area contributed by atoms with Gasteiger partial charge in [0.1, 0.15) is 0 Å². The van der Waals surface area contributed by atoms with E-state index >= 15 is 0 Å². The molecule has 0 amide bonds. The molecule has 3 rings (SSSR count). The molecule has 0 unspecified atom stereocenters. The van der Waals surface area contributed by atoms with E-state index in [4.69, 9.17) is 9.88 Å². The first-order valence-corrected chi connectivity index (χ1v) is 9.67. The molecule has 0 saturated heterocycles. The van der Waals surface area contributed by atoms with Crippen molar-refractivity contribution in [2.75, 3.05) is 7.11 Å². The summed E-state index contributed by atoms with van der Waals surface area (Å²) < 4.78 is 27.8. The van der Waals surface area contributed by atoms with Crippen LogP contribution in [0.15, 0.2) is 41.6 Å². The lowest BCUT2D eigenvalue weighted by Crippen LogP contribution is -2.11. The quantitative estimate of drug-likeness (QED) is 0.731. The Morgan fingerprint density at radius 1 is 1.16 bits per heavy atom. The van der Waals surface area contributed by atoms with Gasteiger partial charge in [-0.2, -0.15) is 0 Å². The Hall–Kier alpha value is -2.36. The summed E-state index contributed by atoms with van der Waals surface area (Å²) in [5.41, 5.74) is 2.54. The van der Waals surface area contributed by atoms with Gasteiger partial charge in [-0.25, -0.2) is 23.5 Å². The van der Waals surface area contributed by atoms with Gasteiger partial charge in [0.25, 0.3) is 0 Å². The van der Waals surface area contributed by atoms with Crippen molar-refractivity contribution in [3.63, 3.8) is 0 Å². The number of aromatic nitrogens is 3. The molecule has 0 fully saturated rings. The summed E-state index contributed by atoms with van der Waals surface area (Å²) in [6, 6.07) is 6.46. The van der Waals surface area contributed by atoms with Crippen molar-refractivity contribution in [2.24, 2.45) is 5.14 Å². The monoisotopic (exact) mass is 376 g/mol. The number of sulfonamides is 1. The van der Waals surface area contributed by atoms with E-state index in [0.29, 0.717) is 12.3 Å². The molecule has 2 N–H and O–H groups in total. The van der Waals surface area contributed by atoms with Crippen LogP contribution in [0.1, 0.15) is 16.4 Å². The highest BCUT2D eigenvalue weighted by Crippen LogP contribution is 2.31. The number of aryl methyl sites for hydroxylation is 1. The van der Waals surface area contributed by atoms with Crippen molar-refractivity contribution < 1.29 is 13.2 Å². The Bertz CT molecular complexity index is 998. The molecule has 2 aromatic heterocycles. The van der Waals surface area contributed by atoms with Crippen molar-refractivity contribution in [2.45, 2.75) is 18.2 Å².